The summed E-state index contributed by atoms with van der Waals surface area (Å²) < 4.78 is 198. The van der Waals surface area contributed by atoms with Gasteiger partial charge in [-0.25, -0.2) is 0 Å². The maximum atomic E-state index is 13.2. The molecular weight excluding hydrogens is 416 g/mol. The number of halogens is 16. The van der Waals surface area contributed by atoms with E-state index in [2.05, 4.69) is 0 Å². The Labute approximate surface area is 124 Å². The van der Waals surface area contributed by atoms with Crippen LogP contribution in [-0.4, -0.2) is 42.3 Å². The lowest BCUT2D eigenvalue weighted by Crippen LogP contribution is -2.75. The highest BCUT2D eigenvalue weighted by atomic mass is 19.4. The maximum Gasteiger partial charge on any atom is 0.456 e. The smallest absolute Gasteiger partial charge is 0.282 e. The van der Waals surface area contributed by atoms with Crippen LogP contribution in [0, 0.1) is 5.41 Å². The molecule has 150 valence electrons. The summed E-state index contributed by atoms with van der Waals surface area (Å²) in [5.74, 6) is -21.9. The van der Waals surface area contributed by atoms with Gasteiger partial charge >= 0.3 is 47.7 Å². The highest BCUT2D eigenvalue weighted by Crippen LogP contribution is 2.69. The molecule has 0 heterocycles. The van der Waals surface area contributed by atoms with Crippen LogP contribution in [-0.2, 0) is 4.79 Å². The summed E-state index contributed by atoms with van der Waals surface area (Å²) in [4.78, 5) is 10.1. The summed E-state index contributed by atoms with van der Waals surface area (Å²) in [6, 6.07) is 0. The average molecular weight is 416 g/mol. The van der Waals surface area contributed by atoms with Crippen LogP contribution in [0.4, 0.5) is 70.2 Å². The Kier molecular flexibility index (Phi) is 5.20. The Morgan fingerprint density at radius 1 is 0.480 bits per heavy atom. The number of carbonyl (C=O) groups excluding carboxylic acids is 1. The molecule has 0 aliphatic carbocycles. The van der Waals surface area contributed by atoms with Gasteiger partial charge in [-0.15, -0.1) is 0 Å². The quantitative estimate of drug-likeness (QED) is 0.588. The van der Waals surface area contributed by atoms with E-state index in [4.69, 9.17) is 0 Å². The number of hydrogen-bond donors (Lipinski definition) is 0. The Morgan fingerprint density at radius 2 is 0.720 bits per heavy atom. The van der Waals surface area contributed by atoms with Crippen molar-refractivity contribution in [2.75, 3.05) is 0 Å². The van der Waals surface area contributed by atoms with Crippen molar-refractivity contribution < 1.29 is 75.0 Å². The number of alkyl halides is 16. The molecule has 0 rings (SSSR count). The topological polar surface area (TPSA) is 17.1 Å². The van der Waals surface area contributed by atoms with Crippen LogP contribution in [0.2, 0.25) is 0 Å². The van der Waals surface area contributed by atoms with Crippen LogP contribution in [0.25, 0.3) is 0 Å². The second-order valence-corrected chi connectivity index (χ2v) is 4.22. The molecule has 0 aliphatic rings. The van der Waals surface area contributed by atoms with E-state index in [0.717, 1.165) is 0 Å². The molecule has 0 saturated carbocycles. The molecule has 0 aromatic rings. The lowest BCUT2D eigenvalue weighted by atomic mass is 9.74. The van der Waals surface area contributed by atoms with Gasteiger partial charge in [0, 0.05) is 0 Å². The van der Waals surface area contributed by atoms with Gasteiger partial charge < -0.3 is 0 Å². The van der Waals surface area contributed by atoms with Crippen LogP contribution in [0.3, 0.4) is 0 Å². The first-order valence-corrected chi connectivity index (χ1v) is 4.98. The van der Waals surface area contributed by atoms with Gasteiger partial charge in [-0.2, -0.15) is 70.2 Å². The molecule has 17 heteroatoms. The number of carbonyl (C=O) groups is 1. The molecule has 0 aromatic heterocycles. The standard InChI is InChI=1S/C8F16O/c9-2(10,1(25)3(11,12)13)5(14,15)4(6(16,17)18,7(19,20)21)8(22,23)24. The van der Waals surface area contributed by atoms with Crippen LogP contribution in [0.15, 0.2) is 0 Å². The van der Waals surface area contributed by atoms with Crippen molar-refractivity contribution in [3.05, 3.63) is 0 Å². The molecule has 0 spiro atoms. The van der Waals surface area contributed by atoms with E-state index in [9.17, 15) is 75.0 Å². The van der Waals surface area contributed by atoms with Crippen molar-refractivity contribution >= 4 is 5.78 Å². The molecule has 1 nitrogen and oxygen atoms in total. The Hall–Kier alpha value is -1.45. The summed E-state index contributed by atoms with van der Waals surface area (Å²) in [5, 5.41) is 0. The number of hydrogen-bond acceptors (Lipinski definition) is 1. The molecule has 0 aliphatic heterocycles. The third kappa shape index (κ3) is 3.09. The van der Waals surface area contributed by atoms with Crippen LogP contribution in [0.5, 0.6) is 0 Å². The van der Waals surface area contributed by atoms with Crippen LogP contribution in [0.1, 0.15) is 0 Å². The molecular formula is C8F16O. The fraction of sp³-hybridized carbons (Fsp3) is 0.875. The molecule has 0 aromatic carbocycles. The zero-order chi connectivity index (χ0) is 21.1. The molecule has 0 amide bonds. The molecule has 0 unspecified atom stereocenters. The molecule has 0 bridgehead atoms. The van der Waals surface area contributed by atoms with Gasteiger partial charge in [-0.05, 0) is 0 Å². The van der Waals surface area contributed by atoms with Crippen molar-refractivity contribution in [3.63, 3.8) is 0 Å². The molecule has 0 saturated heterocycles. The minimum absolute atomic E-state index is 5.23. The van der Waals surface area contributed by atoms with E-state index in [1.54, 1.807) is 0 Å². The van der Waals surface area contributed by atoms with Gasteiger partial charge in [0.2, 0.25) is 0 Å². The molecule has 0 atom stereocenters. The number of ketones is 1. The molecule has 25 heavy (non-hydrogen) atoms. The first-order chi connectivity index (χ1) is 10.4. The van der Waals surface area contributed by atoms with Gasteiger partial charge in [-0.1, -0.05) is 0 Å². The summed E-state index contributed by atoms with van der Waals surface area (Å²) in [5.41, 5.74) is -8.66. The van der Waals surface area contributed by atoms with Crippen molar-refractivity contribution in [1.82, 2.24) is 0 Å². The number of rotatable bonds is 3. The van der Waals surface area contributed by atoms with E-state index in [0.29, 0.717) is 0 Å². The largest absolute Gasteiger partial charge is 0.456 e. The summed E-state index contributed by atoms with van der Waals surface area (Å²) in [7, 11) is 0. The Morgan fingerprint density at radius 3 is 0.880 bits per heavy atom. The minimum atomic E-state index is -8.66. The van der Waals surface area contributed by atoms with Crippen molar-refractivity contribution in [2.45, 2.75) is 36.6 Å². The highest BCUT2D eigenvalue weighted by molar-refractivity contribution is 5.91. The monoisotopic (exact) mass is 416 g/mol. The third-order valence-electron chi connectivity index (χ3n) is 2.68. The van der Waals surface area contributed by atoms with E-state index in [1.807, 2.05) is 0 Å². The zero-order valence-corrected chi connectivity index (χ0v) is 10.5. The molecule has 0 fully saturated rings. The summed E-state index contributed by atoms with van der Waals surface area (Å²) in [6.45, 7) is 0. The maximum absolute atomic E-state index is 13.2. The van der Waals surface area contributed by atoms with Crippen molar-refractivity contribution in [3.8, 4) is 0 Å². The second-order valence-electron chi connectivity index (χ2n) is 4.22. The molecule has 0 radical (unpaired) electrons. The van der Waals surface area contributed by atoms with Crippen LogP contribution < -0.4 is 0 Å². The van der Waals surface area contributed by atoms with Gasteiger partial charge in [0.25, 0.3) is 0 Å². The first-order valence-electron chi connectivity index (χ1n) is 4.98. The predicted molar refractivity (Wildman–Crippen MR) is 41.6 cm³/mol. The number of Topliss-reactive ketones (excluding diaryl/α,β-unsaturated/α-hetero) is 1. The van der Waals surface area contributed by atoms with E-state index in [1.165, 1.54) is 0 Å². The van der Waals surface area contributed by atoms with Crippen molar-refractivity contribution in [2.24, 2.45) is 5.41 Å². The van der Waals surface area contributed by atoms with Gasteiger partial charge in [-0.3, -0.25) is 4.79 Å². The SMILES string of the molecule is O=C(C(F)(F)F)C(F)(F)C(F)(F)C(C(F)(F)F)(C(F)(F)F)C(F)(F)F. The predicted octanol–water partition coefficient (Wildman–Crippen LogP) is 5.06. The minimum Gasteiger partial charge on any atom is -0.282 e. The van der Waals surface area contributed by atoms with E-state index in [-0.39, 0.29) is 0 Å². The van der Waals surface area contributed by atoms with E-state index >= 15 is 0 Å². The third-order valence-corrected chi connectivity index (χ3v) is 2.68. The fourth-order valence-electron chi connectivity index (χ4n) is 1.57. The lowest BCUT2D eigenvalue weighted by molar-refractivity contribution is -0.493. The Bertz CT molecular complexity index is 476. The first kappa shape index (κ1) is 23.5. The van der Waals surface area contributed by atoms with Gasteiger partial charge in [0.05, 0.1) is 0 Å². The second kappa shape index (κ2) is 5.52. The van der Waals surface area contributed by atoms with E-state index < -0.39 is 47.7 Å². The fourth-order valence-corrected chi connectivity index (χ4v) is 1.57. The zero-order valence-electron chi connectivity index (χ0n) is 10.5. The van der Waals surface area contributed by atoms with Crippen molar-refractivity contribution in [1.29, 1.82) is 0 Å². The lowest BCUT2D eigenvalue weighted by Gasteiger charge is -2.45. The summed E-state index contributed by atoms with van der Waals surface area (Å²) in [6.07, 6.45) is -32.1. The average Bonchev–Trinajstić information content (AvgIpc) is 2.19. The summed E-state index contributed by atoms with van der Waals surface area (Å²) >= 11 is 0. The van der Waals surface area contributed by atoms with Gasteiger partial charge in [0.1, 0.15) is 0 Å². The van der Waals surface area contributed by atoms with Gasteiger partial charge in [0.15, 0.2) is 0 Å². The normalized spacial score (nSPS) is 16.2. The molecule has 0 N–H and O–H groups in total. The highest BCUT2D eigenvalue weighted by Gasteiger charge is 2.98. The Balaban J connectivity index is 7.15. The van der Waals surface area contributed by atoms with Crippen LogP contribution >= 0.6 is 0 Å².